The van der Waals surface area contributed by atoms with E-state index in [1.165, 1.54) is 16.8 Å². The third-order valence-corrected chi connectivity index (χ3v) is 9.94. The first kappa shape index (κ1) is 30.4. The van der Waals surface area contributed by atoms with E-state index in [0.29, 0.717) is 17.0 Å². The van der Waals surface area contributed by atoms with Gasteiger partial charge in [0.05, 0.1) is 5.69 Å². The van der Waals surface area contributed by atoms with Crippen LogP contribution >= 0.6 is 0 Å². The number of carbonyl (C=O) groups excluding carboxylic acids is 3. The Morgan fingerprint density at radius 3 is 2.02 bits per heavy atom. The summed E-state index contributed by atoms with van der Waals surface area (Å²) >= 11 is 0. The maximum absolute atomic E-state index is 14.5. The zero-order chi connectivity index (χ0) is 33.5. The number of benzene rings is 5. The van der Waals surface area contributed by atoms with Crippen molar-refractivity contribution >= 4 is 46.1 Å². The molecule has 3 aliphatic rings. The maximum Gasteiger partial charge on any atom is 0.335 e. The van der Waals surface area contributed by atoms with E-state index in [-0.39, 0.29) is 24.0 Å². The molecule has 49 heavy (non-hydrogen) atoms. The van der Waals surface area contributed by atoms with Gasteiger partial charge in [-0.2, -0.15) is 0 Å². The summed E-state index contributed by atoms with van der Waals surface area (Å²) < 4.78 is 5.96. The Kier molecular flexibility index (Phi) is 7.80. The van der Waals surface area contributed by atoms with Gasteiger partial charge in [-0.25, -0.2) is 9.69 Å². The predicted molar refractivity (Wildman–Crippen MR) is 193 cm³/mol. The summed E-state index contributed by atoms with van der Waals surface area (Å²) in [5, 5.41) is 4.20. The third kappa shape index (κ3) is 5.37. The molecule has 0 unspecified atom stereocenters. The summed E-state index contributed by atoms with van der Waals surface area (Å²) in [5.41, 5.74) is 6.61. The Morgan fingerprint density at radius 2 is 1.39 bits per heavy atom. The SMILES string of the molecule is C=CCOc1ccc2ccccc2c1/C=C1\C(=O)NC(=O)N(c2cc3c4c(c2)[C@H](c2ccccc2)CCN4CC[C@@H]3c2ccccc2)C1=O. The molecule has 7 heteroatoms. The van der Waals surface area contributed by atoms with Crippen LogP contribution in [0, 0.1) is 0 Å². The van der Waals surface area contributed by atoms with Gasteiger partial charge in [0.2, 0.25) is 0 Å². The Morgan fingerprint density at radius 1 is 0.776 bits per heavy atom. The molecule has 3 aliphatic heterocycles. The van der Waals surface area contributed by atoms with E-state index in [1.54, 1.807) is 12.2 Å². The van der Waals surface area contributed by atoms with Crippen LogP contribution in [0.15, 0.2) is 127 Å². The monoisotopic (exact) mass is 645 g/mol. The average molecular weight is 646 g/mol. The summed E-state index contributed by atoms with van der Waals surface area (Å²) in [6.07, 6.45) is 5.00. The number of ether oxygens (including phenoxy) is 1. The Bertz CT molecular complexity index is 2090. The van der Waals surface area contributed by atoms with Gasteiger partial charge in [-0.3, -0.25) is 14.9 Å². The number of hydrogen-bond acceptors (Lipinski definition) is 5. The minimum absolute atomic E-state index is 0.0838. The highest BCUT2D eigenvalue weighted by Crippen LogP contribution is 2.50. The van der Waals surface area contributed by atoms with E-state index in [1.807, 2.05) is 60.7 Å². The van der Waals surface area contributed by atoms with Crippen molar-refractivity contribution in [3.63, 3.8) is 0 Å². The molecule has 0 bridgehead atoms. The van der Waals surface area contributed by atoms with E-state index in [9.17, 15) is 14.4 Å². The number of imide groups is 2. The summed E-state index contributed by atoms with van der Waals surface area (Å²) in [5.74, 6) is -0.756. The van der Waals surface area contributed by atoms with Gasteiger partial charge in [-0.15, -0.1) is 0 Å². The summed E-state index contributed by atoms with van der Waals surface area (Å²) in [6.45, 7) is 5.85. The largest absolute Gasteiger partial charge is 0.489 e. The molecular weight excluding hydrogens is 610 g/mol. The van der Waals surface area contributed by atoms with Crippen LogP contribution < -0.4 is 19.9 Å². The number of anilines is 2. The van der Waals surface area contributed by atoms with Crippen LogP contribution in [0.4, 0.5) is 16.2 Å². The minimum atomic E-state index is -0.767. The number of fused-ring (bicyclic) bond motifs is 1. The van der Waals surface area contributed by atoms with Crippen molar-refractivity contribution in [1.82, 2.24) is 5.32 Å². The van der Waals surface area contributed by atoms with Crippen molar-refractivity contribution in [2.45, 2.75) is 24.7 Å². The zero-order valence-corrected chi connectivity index (χ0v) is 27.0. The summed E-state index contributed by atoms with van der Waals surface area (Å²) in [7, 11) is 0. The quantitative estimate of drug-likeness (QED) is 0.110. The lowest BCUT2D eigenvalue weighted by atomic mass is 9.76. The lowest BCUT2D eigenvalue weighted by molar-refractivity contribution is -0.122. The Balaban J connectivity index is 1.29. The molecule has 3 heterocycles. The predicted octanol–water partition coefficient (Wildman–Crippen LogP) is 7.95. The number of nitrogens with one attached hydrogen (secondary N) is 1. The molecule has 0 aliphatic carbocycles. The zero-order valence-electron chi connectivity index (χ0n) is 27.0. The van der Waals surface area contributed by atoms with Crippen molar-refractivity contribution in [3.05, 3.63) is 155 Å². The van der Waals surface area contributed by atoms with E-state index in [2.05, 4.69) is 65.3 Å². The Labute approximate surface area is 285 Å². The molecule has 8 rings (SSSR count). The maximum atomic E-state index is 14.5. The number of rotatable bonds is 7. The number of urea groups is 1. The normalized spacial score (nSPS) is 19.5. The molecule has 242 valence electrons. The summed E-state index contributed by atoms with van der Waals surface area (Å²) in [6, 6.07) is 35.5. The fourth-order valence-electron chi connectivity index (χ4n) is 7.70. The van der Waals surface area contributed by atoms with Crippen molar-refractivity contribution in [2.75, 3.05) is 29.5 Å². The van der Waals surface area contributed by atoms with Gasteiger partial charge in [0, 0.05) is 36.2 Å². The molecule has 0 saturated carbocycles. The number of amides is 4. The molecule has 5 aromatic rings. The van der Waals surface area contributed by atoms with Crippen LogP contribution in [0.2, 0.25) is 0 Å². The molecule has 1 saturated heterocycles. The first-order valence-corrected chi connectivity index (χ1v) is 16.7. The fourth-order valence-corrected chi connectivity index (χ4v) is 7.70. The van der Waals surface area contributed by atoms with Gasteiger partial charge in [0.25, 0.3) is 11.8 Å². The van der Waals surface area contributed by atoms with Crippen LogP contribution in [-0.2, 0) is 9.59 Å². The standard InChI is InChI=1S/C42H35N3O4/c1-2-23-49-38-18-17-29-15-9-10-16-31(29)34(38)26-37-40(46)43-42(48)45(41(37)47)30-24-35-32(27-11-5-3-6-12-27)19-21-44-22-20-33(36(25-30)39(35)44)28-13-7-4-8-14-28/h2-18,24-26,32-33H,1,19-23H2,(H,43,46,48)/b37-26+/t32-,33+. The molecule has 0 aromatic heterocycles. The van der Waals surface area contributed by atoms with Crippen LogP contribution in [-0.4, -0.2) is 37.5 Å². The molecule has 4 amide bonds. The second-order valence-corrected chi connectivity index (χ2v) is 12.7. The van der Waals surface area contributed by atoms with Crippen molar-refractivity contribution in [3.8, 4) is 5.75 Å². The van der Waals surface area contributed by atoms with E-state index in [0.717, 1.165) is 52.7 Å². The number of carbonyl (C=O) groups is 3. The van der Waals surface area contributed by atoms with Crippen molar-refractivity contribution in [2.24, 2.45) is 0 Å². The number of barbiturate groups is 1. The number of hydrogen-bond donors (Lipinski definition) is 1. The van der Waals surface area contributed by atoms with Crippen LogP contribution in [0.25, 0.3) is 16.8 Å². The highest BCUT2D eigenvalue weighted by molar-refractivity contribution is 6.39. The summed E-state index contributed by atoms with van der Waals surface area (Å²) in [4.78, 5) is 45.2. The van der Waals surface area contributed by atoms with Crippen LogP contribution in [0.1, 0.15) is 52.5 Å². The van der Waals surface area contributed by atoms with E-state index in [4.69, 9.17) is 4.74 Å². The van der Waals surface area contributed by atoms with Gasteiger partial charge in [0.1, 0.15) is 17.9 Å². The average Bonchev–Trinajstić information content (AvgIpc) is 3.13. The van der Waals surface area contributed by atoms with Crippen LogP contribution in [0.5, 0.6) is 5.75 Å². The van der Waals surface area contributed by atoms with Crippen LogP contribution in [0.3, 0.4) is 0 Å². The molecule has 0 spiro atoms. The molecule has 0 radical (unpaired) electrons. The molecule has 5 aromatic carbocycles. The van der Waals surface area contributed by atoms with Gasteiger partial charge in [0.15, 0.2) is 0 Å². The minimum Gasteiger partial charge on any atom is -0.489 e. The lowest BCUT2D eigenvalue weighted by Crippen LogP contribution is -2.54. The first-order valence-electron chi connectivity index (χ1n) is 16.7. The second-order valence-electron chi connectivity index (χ2n) is 12.7. The van der Waals surface area contributed by atoms with Crippen molar-refractivity contribution in [1.29, 1.82) is 0 Å². The molecule has 1 fully saturated rings. The molecule has 1 N–H and O–H groups in total. The van der Waals surface area contributed by atoms with Gasteiger partial charge >= 0.3 is 6.03 Å². The number of nitrogens with zero attached hydrogens (tertiary/aromatic N) is 2. The fraction of sp³-hybridized carbons (Fsp3) is 0.167. The molecular formula is C42H35N3O4. The lowest BCUT2D eigenvalue weighted by Gasteiger charge is -2.44. The van der Waals surface area contributed by atoms with Gasteiger partial charge < -0.3 is 9.64 Å². The van der Waals surface area contributed by atoms with E-state index < -0.39 is 17.8 Å². The topological polar surface area (TPSA) is 79.0 Å². The van der Waals surface area contributed by atoms with Gasteiger partial charge in [-0.05, 0) is 70.1 Å². The third-order valence-electron chi connectivity index (χ3n) is 9.94. The Hall–Kier alpha value is -5.95. The van der Waals surface area contributed by atoms with E-state index >= 15 is 0 Å². The molecule has 2 atom stereocenters. The highest BCUT2D eigenvalue weighted by atomic mass is 16.5. The smallest absolute Gasteiger partial charge is 0.335 e. The second kappa shape index (κ2) is 12.6. The first-order chi connectivity index (χ1) is 24.0. The van der Waals surface area contributed by atoms with Crippen molar-refractivity contribution < 1.29 is 19.1 Å². The molecule has 7 nitrogen and oxygen atoms in total. The van der Waals surface area contributed by atoms with Gasteiger partial charge in [-0.1, -0.05) is 104 Å². The highest BCUT2D eigenvalue weighted by Gasteiger charge is 2.40.